The Hall–Kier alpha value is -1.65. The van der Waals surface area contributed by atoms with Crippen LogP contribution >= 0.6 is 0 Å². The Bertz CT molecular complexity index is 896. The summed E-state index contributed by atoms with van der Waals surface area (Å²) in [5.74, 6) is -0.180. The number of ether oxygens (including phenoxy) is 1. The van der Waals surface area contributed by atoms with Gasteiger partial charge in [0.15, 0.2) is 9.84 Å². The number of hydrogen-bond donors (Lipinski definition) is 1. The molecule has 0 unspecified atom stereocenters. The normalized spacial score (nSPS) is 19.2. The van der Waals surface area contributed by atoms with E-state index in [4.69, 9.17) is 4.74 Å². The zero-order valence-electron chi connectivity index (χ0n) is 15.8. The molecule has 0 aromatic heterocycles. The van der Waals surface area contributed by atoms with Crippen molar-refractivity contribution in [3.8, 4) is 5.75 Å². The van der Waals surface area contributed by atoms with Gasteiger partial charge >= 0.3 is 0 Å². The minimum atomic E-state index is -3.93. The number of anilines is 1. The van der Waals surface area contributed by atoms with Crippen LogP contribution in [0.25, 0.3) is 0 Å². The topological polar surface area (TPSA) is 110 Å². The summed E-state index contributed by atoms with van der Waals surface area (Å²) in [4.78, 5) is 11.4. The molecule has 1 fully saturated rings. The first-order chi connectivity index (χ1) is 12.6. The van der Waals surface area contributed by atoms with Gasteiger partial charge in [0.25, 0.3) is 0 Å². The first-order valence-corrected chi connectivity index (χ1v) is 12.0. The number of sulfone groups is 1. The van der Waals surface area contributed by atoms with E-state index in [-0.39, 0.29) is 34.5 Å². The Morgan fingerprint density at radius 1 is 1.37 bits per heavy atom. The van der Waals surface area contributed by atoms with E-state index < -0.39 is 25.9 Å². The summed E-state index contributed by atoms with van der Waals surface area (Å²) in [6, 6.07) is 3.65. The Kier molecular flexibility index (Phi) is 6.87. The van der Waals surface area contributed by atoms with Crippen LogP contribution in [0.2, 0.25) is 0 Å². The molecule has 27 heavy (non-hydrogen) atoms. The highest BCUT2D eigenvalue weighted by Crippen LogP contribution is 2.31. The number of hydrogen-bond acceptors (Lipinski definition) is 6. The molecule has 0 saturated carbocycles. The summed E-state index contributed by atoms with van der Waals surface area (Å²) in [7, 11) is -5.73. The fraction of sp³-hybridized carbons (Fsp3) is 0.588. The van der Waals surface area contributed by atoms with Gasteiger partial charge in [0, 0.05) is 19.5 Å². The van der Waals surface area contributed by atoms with Crippen molar-refractivity contribution in [3.05, 3.63) is 18.2 Å². The maximum atomic E-state index is 13.3. The Morgan fingerprint density at radius 2 is 2.07 bits per heavy atom. The van der Waals surface area contributed by atoms with Crippen LogP contribution in [0, 0.1) is 0 Å². The summed E-state index contributed by atoms with van der Waals surface area (Å²) < 4.78 is 56.7. The molecule has 152 valence electrons. The van der Waals surface area contributed by atoms with Crippen molar-refractivity contribution < 1.29 is 26.4 Å². The smallest absolute Gasteiger partial charge is 0.243 e. The van der Waals surface area contributed by atoms with Gasteiger partial charge in [-0.25, -0.2) is 16.8 Å². The molecule has 1 aliphatic heterocycles. The largest absolute Gasteiger partial charge is 0.495 e. The predicted octanol–water partition coefficient (Wildman–Crippen LogP) is 1.63. The molecule has 1 aromatic rings. The Morgan fingerprint density at radius 3 is 2.59 bits per heavy atom. The second-order valence-corrected chi connectivity index (χ2v) is 10.7. The van der Waals surface area contributed by atoms with E-state index in [0.29, 0.717) is 18.6 Å². The van der Waals surface area contributed by atoms with Crippen LogP contribution in [0.4, 0.5) is 5.69 Å². The lowest BCUT2D eigenvalue weighted by Gasteiger charge is -2.27. The summed E-state index contributed by atoms with van der Waals surface area (Å²) in [5.41, 5.74) is 0.251. The molecule has 1 amide bonds. The van der Waals surface area contributed by atoms with Crippen LogP contribution in [-0.2, 0) is 24.7 Å². The average Bonchev–Trinajstić information content (AvgIpc) is 2.94. The second kappa shape index (κ2) is 8.57. The van der Waals surface area contributed by atoms with Gasteiger partial charge in [-0.3, -0.25) is 4.79 Å². The number of nitrogens with zero attached hydrogens (tertiary/aromatic N) is 1. The fourth-order valence-electron chi connectivity index (χ4n) is 3.09. The number of rotatable bonds is 8. The number of methoxy groups -OCH3 is 1. The van der Waals surface area contributed by atoms with Gasteiger partial charge in [-0.1, -0.05) is 13.3 Å². The first kappa shape index (κ1) is 21.6. The fourth-order valence-corrected chi connectivity index (χ4v) is 6.63. The number of unbranched alkanes of at least 4 members (excludes halogenated alkanes) is 1. The van der Waals surface area contributed by atoms with Crippen molar-refractivity contribution in [2.45, 2.75) is 44.0 Å². The number of benzene rings is 1. The lowest BCUT2D eigenvalue weighted by atomic mass is 10.2. The van der Waals surface area contributed by atoms with Crippen molar-refractivity contribution in [3.63, 3.8) is 0 Å². The molecular formula is C17H26N2O6S2. The summed E-state index contributed by atoms with van der Waals surface area (Å²) in [6.07, 6.45) is 1.70. The minimum absolute atomic E-state index is 0.00440. The predicted molar refractivity (Wildman–Crippen MR) is 103 cm³/mol. The summed E-state index contributed by atoms with van der Waals surface area (Å²) in [6.45, 7) is 3.51. The van der Waals surface area contributed by atoms with Gasteiger partial charge in [0.05, 0.1) is 29.2 Å². The lowest BCUT2D eigenvalue weighted by Crippen LogP contribution is -2.41. The van der Waals surface area contributed by atoms with Crippen molar-refractivity contribution in [1.82, 2.24) is 4.31 Å². The Balaban J connectivity index is 2.44. The van der Waals surface area contributed by atoms with E-state index >= 15 is 0 Å². The molecule has 1 N–H and O–H groups in total. The lowest BCUT2D eigenvalue weighted by molar-refractivity contribution is -0.114. The SMILES string of the molecule is CCCCN([C@H]1CCS(=O)(=O)C1)S(=O)(=O)c1ccc(OC)c(NC(C)=O)c1. The van der Waals surface area contributed by atoms with Gasteiger partial charge in [-0.2, -0.15) is 4.31 Å². The van der Waals surface area contributed by atoms with Crippen LogP contribution in [0.5, 0.6) is 5.75 Å². The molecule has 1 heterocycles. The van der Waals surface area contributed by atoms with Crippen molar-refractivity contribution >= 4 is 31.5 Å². The number of nitrogens with one attached hydrogen (secondary N) is 1. The van der Waals surface area contributed by atoms with Gasteiger partial charge in [-0.15, -0.1) is 0 Å². The molecule has 0 bridgehead atoms. The van der Waals surface area contributed by atoms with Gasteiger partial charge in [-0.05, 0) is 31.0 Å². The minimum Gasteiger partial charge on any atom is -0.495 e. The highest BCUT2D eigenvalue weighted by atomic mass is 32.2. The second-order valence-electron chi connectivity index (χ2n) is 6.57. The molecule has 0 aliphatic carbocycles. The summed E-state index contributed by atoms with van der Waals surface area (Å²) in [5, 5.41) is 2.56. The highest BCUT2D eigenvalue weighted by Gasteiger charge is 2.38. The van der Waals surface area contributed by atoms with Gasteiger partial charge in [0.2, 0.25) is 15.9 Å². The molecule has 8 nitrogen and oxygen atoms in total. The molecule has 1 aromatic carbocycles. The zero-order chi connectivity index (χ0) is 20.2. The Labute approximate surface area is 160 Å². The monoisotopic (exact) mass is 418 g/mol. The quantitative estimate of drug-likeness (QED) is 0.687. The van der Waals surface area contributed by atoms with E-state index in [1.165, 1.54) is 36.5 Å². The van der Waals surface area contributed by atoms with Crippen molar-refractivity contribution in [2.75, 3.05) is 30.5 Å². The van der Waals surface area contributed by atoms with Crippen LogP contribution in [0.15, 0.2) is 23.1 Å². The number of carbonyl (C=O) groups is 1. The molecule has 10 heteroatoms. The maximum Gasteiger partial charge on any atom is 0.243 e. The average molecular weight is 419 g/mol. The van der Waals surface area contributed by atoms with Crippen molar-refractivity contribution in [2.24, 2.45) is 0 Å². The number of amides is 1. The zero-order valence-corrected chi connectivity index (χ0v) is 17.4. The van der Waals surface area contributed by atoms with Crippen LogP contribution in [0.3, 0.4) is 0 Å². The molecule has 1 aliphatic rings. The van der Waals surface area contributed by atoms with Gasteiger partial charge in [0.1, 0.15) is 5.75 Å². The molecule has 1 saturated heterocycles. The number of sulfonamides is 1. The van der Waals surface area contributed by atoms with Crippen LogP contribution in [-0.4, -0.2) is 58.3 Å². The third-order valence-corrected chi connectivity index (χ3v) is 8.13. The van der Waals surface area contributed by atoms with E-state index in [0.717, 1.165) is 6.42 Å². The standard InChI is InChI=1S/C17H26N2O6S2/c1-4-5-9-19(14-8-10-26(21,22)12-14)27(23,24)15-6-7-17(25-3)16(11-15)18-13(2)20/h6-7,11,14H,4-5,8-10,12H2,1-3H3,(H,18,20)/t14-/m0/s1. The molecule has 0 radical (unpaired) electrons. The van der Waals surface area contributed by atoms with E-state index in [1.807, 2.05) is 6.92 Å². The summed E-state index contributed by atoms with van der Waals surface area (Å²) >= 11 is 0. The highest BCUT2D eigenvalue weighted by molar-refractivity contribution is 7.92. The van der Waals surface area contributed by atoms with Crippen molar-refractivity contribution in [1.29, 1.82) is 0 Å². The molecule has 1 atom stereocenters. The molecular weight excluding hydrogens is 392 g/mol. The molecule has 2 rings (SSSR count). The van der Waals surface area contributed by atoms with Gasteiger partial charge < -0.3 is 10.1 Å². The van der Waals surface area contributed by atoms with E-state index in [2.05, 4.69) is 5.32 Å². The maximum absolute atomic E-state index is 13.3. The number of carbonyl (C=O) groups excluding carboxylic acids is 1. The van der Waals surface area contributed by atoms with Crippen LogP contribution in [0.1, 0.15) is 33.1 Å². The van der Waals surface area contributed by atoms with Crippen LogP contribution < -0.4 is 10.1 Å². The molecule has 0 spiro atoms. The van der Waals surface area contributed by atoms with E-state index in [9.17, 15) is 21.6 Å². The first-order valence-electron chi connectivity index (χ1n) is 8.78. The van der Waals surface area contributed by atoms with E-state index in [1.54, 1.807) is 0 Å². The third kappa shape index (κ3) is 5.20. The third-order valence-electron chi connectivity index (χ3n) is 4.44.